The zero-order valence-corrected chi connectivity index (χ0v) is 10.5. The van der Waals surface area contributed by atoms with Gasteiger partial charge in [-0.05, 0) is 31.5 Å². The van der Waals surface area contributed by atoms with Crippen molar-refractivity contribution >= 4 is 17.6 Å². The van der Waals surface area contributed by atoms with Crippen LogP contribution in [0.3, 0.4) is 0 Å². The summed E-state index contributed by atoms with van der Waals surface area (Å²) in [7, 11) is 0. The number of carboxylic acids is 1. The first-order valence-electron chi connectivity index (χ1n) is 5.12. The standard InChI is InChI=1S/C12H15ClO4/c1-12(2,11(15)16)7-17-10-4-3-8(6-14)5-9(10)13/h3-5,14H,6-7H2,1-2H3,(H,15,16). The van der Waals surface area contributed by atoms with Crippen LogP contribution in [-0.4, -0.2) is 22.8 Å². The maximum atomic E-state index is 10.9. The van der Waals surface area contributed by atoms with Crippen LogP contribution < -0.4 is 4.74 Å². The molecule has 0 fully saturated rings. The van der Waals surface area contributed by atoms with Gasteiger partial charge in [-0.2, -0.15) is 0 Å². The summed E-state index contributed by atoms with van der Waals surface area (Å²) in [5, 5.41) is 18.2. The van der Waals surface area contributed by atoms with E-state index in [1.165, 1.54) is 0 Å². The third-order valence-electron chi connectivity index (χ3n) is 2.35. The molecule has 0 saturated heterocycles. The fourth-order valence-corrected chi connectivity index (χ4v) is 1.34. The number of halogens is 1. The molecule has 0 radical (unpaired) electrons. The molecule has 0 bridgehead atoms. The number of rotatable bonds is 5. The van der Waals surface area contributed by atoms with E-state index in [-0.39, 0.29) is 13.2 Å². The smallest absolute Gasteiger partial charge is 0.312 e. The SMILES string of the molecule is CC(C)(COc1ccc(CO)cc1Cl)C(=O)O. The lowest BCUT2D eigenvalue weighted by Gasteiger charge is -2.20. The highest BCUT2D eigenvalue weighted by atomic mass is 35.5. The number of aliphatic carboxylic acids is 1. The Kier molecular flexibility index (Phi) is 4.37. The molecule has 0 unspecified atom stereocenters. The van der Waals surface area contributed by atoms with E-state index in [0.29, 0.717) is 16.3 Å². The molecule has 94 valence electrons. The Labute approximate surface area is 105 Å². The number of ether oxygens (including phenoxy) is 1. The molecule has 0 saturated carbocycles. The lowest BCUT2D eigenvalue weighted by molar-refractivity contribution is -0.148. The summed E-state index contributed by atoms with van der Waals surface area (Å²) in [6.07, 6.45) is 0. The maximum Gasteiger partial charge on any atom is 0.312 e. The van der Waals surface area contributed by atoms with Crippen LogP contribution in [0.25, 0.3) is 0 Å². The Morgan fingerprint density at radius 3 is 2.59 bits per heavy atom. The molecule has 0 spiro atoms. The molecule has 0 heterocycles. The predicted octanol–water partition coefficient (Wildman–Crippen LogP) is 2.32. The fourth-order valence-electron chi connectivity index (χ4n) is 1.08. The Morgan fingerprint density at radius 2 is 2.12 bits per heavy atom. The van der Waals surface area contributed by atoms with Crippen LogP contribution >= 0.6 is 11.6 Å². The Hall–Kier alpha value is -1.26. The van der Waals surface area contributed by atoms with Crippen molar-refractivity contribution in [1.29, 1.82) is 0 Å². The summed E-state index contributed by atoms with van der Waals surface area (Å²) in [4.78, 5) is 10.9. The number of hydrogen-bond acceptors (Lipinski definition) is 3. The predicted molar refractivity (Wildman–Crippen MR) is 64.3 cm³/mol. The monoisotopic (exact) mass is 258 g/mol. The van der Waals surface area contributed by atoms with E-state index in [2.05, 4.69) is 0 Å². The molecule has 2 N–H and O–H groups in total. The van der Waals surface area contributed by atoms with Crippen LogP contribution in [-0.2, 0) is 11.4 Å². The minimum absolute atomic E-state index is 0.0283. The summed E-state index contributed by atoms with van der Waals surface area (Å²) >= 11 is 5.93. The van der Waals surface area contributed by atoms with E-state index >= 15 is 0 Å². The molecule has 0 aliphatic carbocycles. The van der Waals surface area contributed by atoms with Crippen LogP contribution in [0, 0.1) is 5.41 Å². The van der Waals surface area contributed by atoms with Crippen molar-refractivity contribution in [2.24, 2.45) is 5.41 Å². The third-order valence-corrected chi connectivity index (χ3v) is 2.64. The van der Waals surface area contributed by atoms with Crippen molar-refractivity contribution in [3.63, 3.8) is 0 Å². The van der Waals surface area contributed by atoms with Crippen LogP contribution in [0.2, 0.25) is 5.02 Å². The second kappa shape index (κ2) is 5.38. The van der Waals surface area contributed by atoms with Gasteiger partial charge < -0.3 is 14.9 Å². The van der Waals surface area contributed by atoms with Crippen LogP contribution in [0.4, 0.5) is 0 Å². The van der Waals surface area contributed by atoms with Gasteiger partial charge in [-0.1, -0.05) is 17.7 Å². The van der Waals surface area contributed by atoms with Gasteiger partial charge in [0.15, 0.2) is 0 Å². The molecule has 17 heavy (non-hydrogen) atoms. The lowest BCUT2D eigenvalue weighted by atomic mass is 9.95. The molecule has 5 heteroatoms. The van der Waals surface area contributed by atoms with Gasteiger partial charge >= 0.3 is 5.97 Å². The average molecular weight is 259 g/mol. The first-order chi connectivity index (χ1) is 7.86. The topological polar surface area (TPSA) is 66.8 Å². The number of aliphatic hydroxyl groups excluding tert-OH is 1. The molecule has 1 rings (SSSR count). The second-order valence-corrected chi connectivity index (χ2v) is 4.81. The Bertz CT molecular complexity index is 415. The first-order valence-corrected chi connectivity index (χ1v) is 5.50. The molecule has 1 aromatic carbocycles. The maximum absolute atomic E-state index is 10.9. The van der Waals surface area contributed by atoms with Gasteiger partial charge in [0.25, 0.3) is 0 Å². The van der Waals surface area contributed by atoms with Crippen molar-refractivity contribution < 1.29 is 19.7 Å². The summed E-state index contributed by atoms with van der Waals surface area (Å²) in [5.74, 6) is -0.515. The number of hydrogen-bond donors (Lipinski definition) is 2. The Balaban J connectivity index is 2.73. The molecular formula is C12H15ClO4. The molecule has 4 nitrogen and oxygen atoms in total. The van der Waals surface area contributed by atoms with Crippen LogP contribution in [0.15, 0.2) is 18.2 Å². The Morgan fingerprint density at radius 1 is 1.47 bits per heavy atom. The normalized spacial score (nSPS) is 11.3. The van der Waals surface area contributed by atoms with Crippen LogP contribution in [0.1, 0.15) is 19.4 Å². The molecule has 0 aliphatic heterocycles. The highest BCUT2D eigenvalue weighted by Crippen LogP contribution is 2.27. The van der Waals surface area contributed by atoms with Gasteiger partial charge in [-0.15, -0.1) is 0 Å². The number of carboxylic acid groups (broad SMARTS) is 1. The van der Waals surface area contributed by atoms with Crippen molar-refractivity contribution in [2.75, 3.05) is 6.61 Å². The van der Waals surface area contributed by atoms with Crippen LogP contribution in [0.5, 0.6) is 5.75 Å². The summed E-state index contributed by atoms with van der Waals surface area (Å²) in [6.45, 7) is 3.08. The number of aliphatic hydroxyl groups is 1. The molecule has 0 aliphatic rings. The minimum Gasteiger partial charge on any atom is -0.491 e. The van der Waals surface area contributed by atoms with E-state index in [1.54, 1.807) is 32.0 Å². The van der Waals surface area contributed by atoms with Crippen molar-refractivity contribution in [1.82, 2.24) is 0 Å². The number of benzene rings is 1. The van der Waals surface area contributed by atoms with Gasteiger partial charge in [0.2, 0.25) is 0 Å². The van der Waals surface area contributed by atoms with E-state index in [9.17, 15) is 4.79 Å². The molecule has 1 aromatic rings. The highest BCUT2D eigenvalue weighted by molar-refractivity contribution is 6.32. The molecule has 0 amide bonds. The summed E-state index contributed by atoms with van der Waals surface area (Å²) < 4.78 is 5.37. The summed E-state index contributed by atoms with van der Waals surface area (Å²) in [5.41, 5.74) is -0.293. The minimum atomic E-state index is -0.973. The van der Waals surface area contributed by atoms with Gasteiger partial charge in [-0.25, -0.2) is 0 Å². The van der Waals surface area contributed by atoms with Crippen molar-refractivity contribution in [3.8, 4) is 5.75 Å². The largest absolute Gasteiger partial charge is 0.491 e. The molecular weight excluding hydrogens is 244 g/mol. The number of carbonyl (C=O) groups is 1. The zero-order valence-electron chi connectivity index (χ0n) is 9.74. The lowest BCUT2D eigenvalue weighted by Crippen LogP contribution is -2.30. The van der Waals surface area contributed by atoms with Gasteiger partial charge in [-0.3, -0.25) is 4.79 Å². The molecule has 0 aromatic heterocycles. The second-order valence-electron chi connectivity index (χ2n) is 4.40. The van der Waals surface area contributed by atoms with Gasteiger partial charge in [0.05, 0.1) is 17.0 Å². The van der Waals surface area contributed by atoms with E-state index in [4.69, 9.17) is 26.6 Å². The highest BCUT2D eigenvalue weighted by Gasteiger charge is 2.28. The van der Waals surface area contributed by atoms with E-state index in [0.717, 1.165) is 0 Å². The fraction of sp³-hybridized carbons (Fsp3) is 0.417. The van der Waals surface area contributed by atoms with Crippen molar-refractivity contribution in [2.45, 2.75) is 20.5 Å². The average Bonchev–Trinajstić information content (AvgIpc) is 2.27. The zero-order chi connectivity index (χ0) is 13.1. The van der Waals surface area contributed by atoms with E-state index < -0.39 is 11.4 Å². The first kappa shape index (κ1) is 13.8. The quantitative estimate of drug-likeness (QED) is 0.851. The third kappa shape index (κ3) is 3.61. The van der Waals surface area contributed by atoms with Gasteiger partial charge in [0, 0.05) is 0 Å². The summed E-state index contributed by atoms with van der Waals surface area (Å²) in [6, 6.07) is 4.88. The van der Waals surface area contributed by atoms with Gasteiger partial charge in [0.1, 0.15) is 12.4 Å². The van der Waals surface area contributed by atoms with Crippen molar-refractivity contribution in [3.05, 3.63) is 28.8 Å². The van der Waals surface area contributed by atoms with E-state index in [1.807, 2.05) is 0 Å². The molecule has 0 atom stereocenters.